The molecule has 0 bridgehead atoms. The number of nitrogens with two attached hydrogens (primary N) is 1. The Morgan fingerprint density at radius 3 is 2.94 bits per heavy atom. The monoisotopic (exact) mass is 252 g/mol. The van der Waals surface area contributed by atoms with Gasteiger partial charge in [0.05, 0.1) is 5.57 Å². The van der Waals surface area contributed by atoms with Crippen LogP contribution in [0.3, 0.4) is 0 Å². The molecule has 0 fully saturated rings. The first kappa shape index (κ1) is 12.8. The highest BCUT2D eigenvalue weighted by Crippen LogP contribution is 2.27. The molecular weight excluding hydrogens is 240 g/mol. The maximum atomic E-state index is 8.86. The topological polar surface area (TPSA) is 63.0 Å². The van der Waals surface area contributed by atoms with Crippen LogP contribution in [-0.2, 0) is 0 Å². The minimum Gasteiger partial charge on any atom is -0.455 e. The lowest BCUT2D eigenvalue weighted by molar-refractivity contribution is 0.448. The van der Waals surface area contributed by atoms with Crippen LogP contribution in [0.4, 0.5) is 0 Å². The second-order valence-electron chi connectivity index (χ2n) is 3.07. The number of nitriles is 1. The van der Waals surface area contributed by atoms with E-state index in [0.29, 0.717) is 5.57 Å². The Labute approximate surface area is 104 Å². The summed E-state index contributed by atoms with van der Waals surface area (Å²) in [6, 6.07) is 3.84. The highest BCUT2D eigenvalue weighted by atomic mass is 32.2. The van der Waals surface area contributed by atoms with E-state index in [9.17, 15) is 0 Å². The molecule has 16 heavy (non-hydrogen) atoms. The van der Waals surface area contributed by atoms with Crippen molar-refractivity contribution in [1.82, 2.24) is 0 Å². The number of rotatable bonds is 4. The van der Waals surface area contributed by atoms with Crippen molar-refractivity contribution in [2.45, 2.75) is 18.9 Å². The Morgan fingerprint density at radius 1 is 1.75 bits per heavy atom. The van der Waals surface area contributed by atoms with Gasteiger partial charge in [0.25, 0.3) is 0 Å². The van der Waals surface area contributed by atoms with Crippen LogP contribution >= 0.6 is 24.0 Å². The Kier molecular flexibility index (Phi) is 4.59. The van der Waals surface area contributed by atoms with E-state index in [1.807, 2.05) is 26.0 Å². The van der Waals surface area contributed by atoms with Gasteiger partial charge in [-0.2, -0.15) is 5.26 Å². The Bertz CT molecular complexity index is 469. The molecule has 84 valence electrons. The molecule has 1 rings (SSSR count). The Balaban J connectivity index is 3.13. The summed E-state index contributed by atoms with van der Waals surface area (Å²) < 4.78 is 5.51. The zero-order valence-corrected chi connectivity index (χ0v) is 10.7. The largest absolute Gasteiger partial charge is 0.455 e. The summed E-state index contributed by atoms with van der Waals surface area (Å²) in [4.78, 5) is 0.105. The predicted octanol–water partition coefficient (Wildman–Crippen LogP) is 2.89. The molecule has 0 aromatic carbocycles. The van der Waals surface area contributed by atoms with Crippen molar-refractivity contribution in [3.05, 3.63) is 23.0 Å². The van der Waals surface area contributed by atoms with Crippen molar-refractivity contribution in [2.75, 3.05) is 5.75 Å². The van der Waals surface area contributed by atoms with Crippen LogP contribution in [0.15, 0.2) is 21.1 Å². The van der Waals surface area contributed by atoms with Gasteiger partial charge < -0.3 is 10.2 Å². The van der Waals surface area contributed by atoms with E-state index >= 15 is 0 Å². The quantitative estimate of drug-likeness (QED) is 0.386. The fourth-order valence-corrected chi connectivity index (χ4v) is 2.01. The summed E-state index contributed by atoms with van der Waals surface area (Å²) in [6.45, 7) is 3.90. The van der Waals surface area contributed by atoms with Crippen LogP contribution in [0, 0.1) is 18.3 Å². The molecule has 0 saturated carbocycles. The zero-order valence-electron chi connectivity index (χ0n) is 9.11. The third-order valence-corrected chi connectivity index (χ3v) is 2.90. The molecule has 3 nitrogen and oxygen atoms in total. The predicted molar refractivity (Wildman–Crippen MR) is 70.2 cm³/mol. The maximum absolute atomic E-state index is 8.86. The van der Waals surface area contributed by atoms with Crippen LogP contribution in [0.1, 0.15) is 18.2 Å². The highest BCUT2D eigenvalue weighted by molar-refractivity contribution is 7.99. The smallest absolute Gasteiger partial charge is 0.167 e. The number of hydrogen-bond acceptors (Lipinski definition) is 4. The molecule has 0 amide bonds. The summed E-state index contributed by atoms with van der Waals surface area (Å²) in [6.07, 6.45) is 1.66. The van der Waals surface area contributed by atoms with Crippen LogP contribution in [0.5, 0.6) is 0 Å². The van der Waals surface area contributed by atoms with Crippen LogP contribution in [0.2, 0.25) is 0 Å². The van der Waals surface area contributed by atoms with Gasteiger partial charge in [-0.25, -0.2) is 0 Å². The van der Waals surface area contributed by atoms with Gasteiger partial charge in [-0.05, 0) is 24.8 Å². The second-order valence-corrected chi connectivity index (χ2v) is 4.74. The molecule has 0 aliphatic carbocycles. The number of nitrogens with zero attached hydrogens (tertiary/aromatic N) is 1. The van der Waals surface area contributed by atoms with Crippen molar-refractivity contribution in [1.29, 1.82) is 5.26 Å². The fraction of sp³-hybridized carbons (Fsp3) is 0.273. The van der Waals surface area contributed by atoms with E-state index < -0.39 is 0 Å². The SMILES string of the molecule is CCSc1oc(C)cc1/C=C(\C#N)C(N)=S. The molecule has 0 unspecified atom stereocenters. The molecule has 1 aromatic heterocycles. The molecule has 1 heterocycles. The summed E-state index contributed by atoms with van der Waals surface area (Å²) in [7, 11) is 0. The summed E-state index contributed by atoms with van der Waals surface area (Å²) in [5.41, 5.74) is 6.58. The van der Waals surface area contributed by atoms with Gasteiger partial charge in [-0.1, -0.05) is 30.9 Å². The van der Waals surface area contributed by atoms with Crippen molar-refractivity contribution in [3.63, 3.8) is 0 Å². The molecule has 0 spiro atoms. The van der Waals surface area contributed by atoms with E-state index in [2.05, 4.69) is 0 Å². The van der Waals surface area contributed by atoms with Crippen LogP contribution < -0.4 is 5.73 Å². The standard InChI is InChI=1S/C11H12N2OS2/c1-3-16-11-8(4-7(2)14-11)5-9(6-12)10(13)15/h4-5H,3H2,1-2H3,(H2,13,15)/b9-5+. The first-order valence-corrected chi connectivity index (χ1v) is 6.12. The van der Waals surface area contributed by atoms with Gasteiger partial charge in [0.1, 0.15) is 16.8 Å². The number of thiocarbonyl (C=S) groups is 1. The van der Waals surface area contributed by atoms with Gasteiger partial charge in [0, 0.05) is 5.56 Å². The minimum atomic E-state index is 0.105. The van der Waals surface area contributed by atoms with E-state index in [-0.39, 0.29) is 4.99 Å². The molecular formula is C11H12N2OS2. The lowest BCUT2D eigenvalue weighted by Crippen LogP contribution is -2.09. The second kappa shape index (κ2) is 5.73. The van der Waals surface area contributed by atoms with Gasteiger partial charge in [-0.15, -0.1) is 0 Å². The Morgan fingerprint density at radius 2 is 2.44 bits per heavy atom. The molecule has 0 aliphatic rings. The lowest BCUT2D eigenvalue weighted by atomic mass is 10.2. The highest BCUT2D eigenvalue weighted by Gasteiger charge is 2.09. The van der Waals surface area contributed by atoms with Crippen LogP contribution in [0.25, 0.3) is 6.08 Å². The van der Waals surface area contributed by atoms with Crippen molar-refractivity contribution in [3.8, 4) is 6.07 Å². The summed E-state index contributed by atoms with van der Waals surface area (Å²) in [5, 5.41) is 9.66. The van der Waals surface area contributed by atoms with E-state index in [0.717, 1.165) is 22.2 Å². The molecule has 0 saturated heterocycles. The third kappa shape index (κ3) is 3.12. The Hall–Kier alpha value is -1.25. The third-order valence-electron chi connectivity index (χ3n) is 1.81. The van der Waals surface area contributed by atoms with Gasteiger partial charge >= 0.3 is 0 Å². The van der Waals surface area contributed by atoms with Gasteiger partial charge in [0.15, 0.2) is 5.09 Å². The molecule has 0 atom stereocenters. The van der Waals surface area contributed by atoms with Crippen molar-refractivity contribution >= 4 is 35.0 Å². The molecule has 0 aliphatic heterocycles. The van der Waals surface area contributed by atoms with Gasteiger partial charge in [0.2, 0.25) is 0 Å². The van der Waals surface area contributed by atoms with Crippen molar-refractivity contribution in [2.24, 2.45) is 5.73 Å². The number of aryl methyl sites for hydroxylation is 1. The summed E-state index contributed by atoms with van der Waals surface area (Å²) in [5.74, 6) is 1.71. The number of furan rings is 1. The fourth-order valence-electron chi connectivity index (χ4n) is 1.17. The van der Waals surface area contributed by atoms with E-state index in [1.54, 1.807) is 17.8 Å². The molecule has 5 heteroatoms. The molecule has 1 aromatic rings. The first-order chi connectivity index (χ1) is 7.58. The zero-order chi connectivity index (χ0) is 12.1. The maximum Gasteiger partial charge on any atom is 0.167 e. The first-order valence-electron chi connectivity index (χ1n) is 4.73. The number of hydrogen-bond donors (Lipinski definition) is 1. The van der Waals surface area contributed by atoms with Crippen molar-refractivity contribution < 1.29 is 4.42 Å². The van der Waals surface area contributed by atoms with E-state index in [4.69, 9.17) is 27.6 Å². The lowest BCUT2D eigenvalue weighted by Gasteiger charge is -1.96. The average Bonchev–Trinajstić information content (AvgIpc) is 2.55. The minimum absolute atomic E-state index is 0.105. The van der Waals surface area contributed by atoms with E-state index in [1.165, 1.54) is 0 Å². The summed E-state index contributed by atoms with van der Waals surface area (Å²) >= 11 is 6.36. The van der Waals surface area contributed by atoms with Crippen LogP contribution in [-0.4, -0.2) is 10.7 Å². The normalized spacial score (nSPS) is 11.2. The average molecular weight is 252 g/mol. The molecule has 2 N–H and O–H groups in total. The molecule has 0 radical (unpaired) electrons. The number of thioether (sulfide) groups is 1. The van der Waals surface area contributed by atoms with Gasteiger partial charge in [-0.3, -0.25) is 0 Å².